The molecule has 7 nitrogen and oxygen atoms in total. The Bertz CT molecular complexity index is 917. The fraction of sp³-hybridized carbons (Fsp3) is 0.435. The molecule has 1 aromatic carbocycles. The highest BCUT2D eigenvalue weighted by molar-refractivity contribution is 6.22. The Morgan fingerprint density at radius 1 is 1.20 bits per heavy atom. The molecule has 7 heteroatoms. The van der Waals surface area contributed by atoms with E-state index in [-0.39, 0.29) is 46.3 Å². The molecule has 1 saturated carbocycles. The first-order valence-electron chi connectivity index (χ1n) is 10.0. The first-order valence-corrected chi connectivity index (χ1v) is 10.0. The van der Waals surface area contributed by atoms with Crippen molar-refractivity contribution in [2.45, 2.75) is 44.9 Å². The van der Waals surface area contributed by atoms with Gasteiger partial charge in [-0.3, -0.25) is 9.59 Å². The van der Waals surface area contributed by atoms with Crippen LogP contribution in [0.2, 0.25) is 0 Å². The molecule has 4 unspecified atom stereocenters. The number of ether oxygens (including phenoxy) is 2. The lowest BCUT2D eigenvalue weighted by molar-refractivity contribution is -0.137. The van der Waals surface area contributed by atoms with Crippen LogP contribution < -0.4 is 5.32 Å². The van der Waals surface area contributed by atoms with E-state index >= 15 is 0 Å². The average Bonchev–Trinajstić information content (AvgIpc) is 2.78. The highest BCUT2D eigenvalue weighted by atomic mass is 16.6. The maximum Gasteiger partial charge on any atom is 0.336 e. The van der Waals surface area contributed by atoms with Crippen LogP contribution in [-0.4, -0.2) is 49.2 Å². The number of benzene rings is 1. The topological polar surface area (TPSA) is 102 Å². The zero-order valence-electron chi connectivity index (χ0n) is 17.6. The smallest absolute Gasteiger partial charge is 0.336 e. The van der Waals surface area contributed by atoms with E-state index < -0.39 is 24.2 Å². The molecule has 0 radical (unpaired) electrons. The third-order valence-electron chi connectivity index (χ3n) is 5.95. The molecule has 1 fully saturated rings. The minimum Gasteiger partial charge on any atom is -0.466 e. The van der Waals surface area contributed by atoms with Crippen LogP contribution in [0, 0.1) is 5.92 Å². The number of fused-ring (bicyclic) bond motifs is 1. The van der Waals surface area contributed by atoms with Crippen LogP contribution in [0.3, 0.4) is 0 Å². The average molecular weight is 413 g/mol. The van der Waals surface area contributed by atoms with Gasteiger partial charge in [0.25, 0.3) is 0 Å². The Morgan fingerprint density at radius 3 is 2.43 bits per heavy atom. The van der Waals surface area contributed by atoms with Crippen molar-refractivity contribution in [1.82, 2.24) is 5.32 Å². The molecule has 4 atom stereocenters. The number of aliphatic hydroxyl groups excluding tert-OH is 1. The van der Waals surface area contributed by atoms with Gasteiger partial charge < -0.3 is 19.9 Å². The maximum atomic E-state index is 13.6. The van der Waals surface area contributed by atoms with Crippen LogP contribution in [0.25, 0.3) is 0 Å². The molecule has 1 aromatic rings. The minimum absolute atomic E-state index is 0.0129. The first-order chi connectivity index (χ1) is 14.3. The second-order valence-corrected chi connectivity index (χ2v) is 7.56. The maximum absolute atomic E-state index is 13.6. The number of allylic oxidation sites excluding steroid dienone is 2. The van der Waals surface area contributed by atoms with Crippen LogP contribution in [0.5, 0.6) is 0 Å². The van der Waals surface area contributed by atoms with Crippen LogP contribution in [-0.2, 0) is 23.9 Å². The summed E-state index contributed by atoms with van der Waals surface area (Å²) in [5.74, 6) is -2.10. The number of carbonyl (C=O) groups is 3. The highest BCUT2D eigenvalue weighted by Gasteiger charge is 2.47. The molecule has 2 aliphatic rings. The second-order valence-electron chi connectivity index (χ2n) is 7.56. The number of nitrogens with one attached hydrogen (secondary N) is 1. The summed E-state index contributed by atoms with van der Waals surface area (Å²) in [6.45, 7) is 3.73. The molecule has 3 rings (SSSR count). The lowest BCUT2D eigenvalue weighted by Gasteiger charge is -2.37. The van der Waals surface area contributed by atoms with Crippen molar-refractivity contribution in [3.8, 4) is 0 Å². The first kappa shape index (κ1) is 21.9. The number of aliphatic hydroxyl groups is 1. The van der Waals surface area contributed by atoms with Crippen molar-refractivity contribution in [2.24, 2.45) is 5.92 Å². The van der Waals surface area contributed by atoms with E-state index in [0.29, 0.717) is 6.42 Å². The fourth-order valence-electron chi connectivity index (χ4n) is 4.27. The number of Topliss-reactive ketones (excluding diaryl/α,β-unsaturated/α-hetero) is 2. The molecule has 0 amide bonds. The molecule has 160 valence electrons. The van der Waals surface area contributed by atoms with Gasteiger partial charge in [0.1, 0.15) is 0 Å². The fourth-order valence-corrected chi connectivity index (χ4v) is 4.27. The zero-order valence-corrected chi connectivity index (χ0v) is 17.6. The lowest BCUT2D eigenvalue weighted by Crippen LogP contribution is -2.48. The third kappa shape index (κ3) is 3.70. The summed E-state index contributed by atoms with van der Waals surface area (Å²) in [4.78, 5) is 39.4. The zero-order chi connectivity index (χ0) is 22.0. The Kier molecular flexibility index (Phi) is 6.53. The summed E-state index contributed by atoms with van der Waals surface area (Å²) in [5, 5.41) is 13.5. The number of methoxy groups -OCH3 is 2. The van der Waals surface area contributed by atoms with Crippen molar-refractivity contribution in [1.29, 1.82) is 0 Å². The number of rotatable bonds is 6. The number of hydrogen-bond donors (Lipinski definition) is 2. The number of esters is 1. The van der Waals surface area contributed by atoms with Gasteiger partial charge in [0, 0.05) is 25.0 Å². The van der Waals surface area contributed by atoms with Gasteiger partial charge in [-0.2, -0.15) is 0 Å². The van der Waals surface area contributed by atoms with E-state index in [9.17, 15) is 19.5 Å². The molecule has 0 bridgehead atoms. The van der Waals surface area contributed by atoms with Crippen molar-refractivity contribution in [3.63, 3.8) is 0 Å². The van der Waals surface area contributed by atoms with Crippen molar-refractivity contribution < 1.29 is 29.0 Å². The van der Waals surface area contributed by atoms with Crippen LogP contribution in [0.15, 0.2) is 52.7 Å². The molecule has 1 heterocycles. The molecule has 0 aromatic heterocycles. The highest BCUT2D eigenvalue weighted by Crippen LogP contribution is 2.41. The number of ketones is 2. The summed E-state index contributed by atoms with van der Waals surface area (Å²) in [5.41, 5.74) is 1.26. The van der Waals surface area contributed by atoms with E-state index in [4.69, 9.17) is 9.47 Å². The summed E-state index contributed by atoms with van der Waals surface area (Å²) in [6, 6.07) is 8.91. The van der Waals surface area contributed by atoms with E-state index in [1.807, 2.05) is 44.2 Å². The SMILES string of the molecule is CCC1NC(C(O)OC)=C2C(=O)C(C(C)c3ccccc3)CC(=O)C2=C1C(=O)OC. The lowest BCUT2D eigenvalue weighted by atomic mass is 9.69. The Morgan fingerprint density at radius 2 is 1.87 bits per heavy atom. The largest absolute Gasteiger partial charge is 0.466 e. The Hall–Kier alpha value is -2.77. The molecule has 2 N–H and O–H groups in total. The number of dihydropyridines is 1. The van der Waals surface area contributed by atoms with E-state index in [0.717, 1.165) is 5.56 Å². The number of carbonyl (C=O) groups excluding carboxylic acids is 3. The van der Waals surface area contributed by atoms with Gasteiger partial charge >= 0.3 is 5.97 Å². The van der Waals surface area contributed by atoms with Gasteiger partial charge in [0.05, 0.1) is 30.0 Å². The van der Waals surface area contributed by atoms with Crippen molar-refractivity contribution in [2.75, 3.05) is 14.2 Å². The molecule has 1 aliphatic heterocycles. The van der Waals surface area contributed by atoms with Gasteiger partial charge in [-0.25, -0.2) is 4.79 Å². The minimum atomic E-state index is -1.43. The van der Waals surface area contributed by atoms with Gasteiger partial charge in [0.2, 0.25) is 0 Å². The molecule has 0 saturated heterocycles. The van der Waals surface area contributed by atoms with Crippen LogP contribution in [0.4, 0.5) is 0 Å². The predicted octanol–water partition coefficient (Wildman–Crippen LogP) is 2.02. The summed E-state index contributed by atoms with van der Waals surface area (Å²) >= 11 is 0. The summed E-state index contributed by atoms with van der Waals surface area (Å²) in [6.07, 6.45) is -0.987. The normalized spacial score (nSPS) is 23.6. The quantitative estimate of drug-likeness (QED) is 0.543. The number of hydrogen-bond acceptors (Lipinski definition) is 7. The molecular weight excluding hydrogens is 386 g/mol. The van der Waals surface area contributed by atoms with Crippen LogP contribution >= 0.6 is 0 Å². The van der Waals surface area contributed by atoms with Gasteiger partial charge in [-0.15, -0.1) is 0 Å². The predicted molar refractivity (Wildman–Crippen MR) is 109 cm³/mol. The molecule has 1 aliphatic carbocycles. The van der Waals surface area contributed by atoms with Gasteiger partial charge in [-0.05, 0) is 17.9 Å². The Labute approximate surface area is 175 Å². The van der Waals surface area contributed by atoms with E-state index in [1.54, 1.807) is 0 Å². The van der Waals surface area contributed by atoms with E-state index in [2.05, 4.69) is 5.32 Å². The summed E-state index contributed by atoms with van der Waals surface area (Å²) in [7, 11) is 2.54. The van der Waals surface area contributed by atoms with Gasteiger partial charge in [0.15, 0.2) is 17.9 Å². The van der Waals surface area contributed by atoms with Crippen molar-refractivity contribution in [3.05, 3.63) is 58.3 Å². The molecular formula is C23H27NO6. The second kappa shape index (κ2) is 8.93. The standard InChI is InChI=1S/C23H27NO6/c1-5-15-17(22(27)29-3)18-16(25)11-14(12(2)13-9-7-6-8-10-13)21(26)19(18)20(24-15)23(28)30-4/h6-10,12,14-15,23-24,28H,5,11H2,1-4H3. The van der Waals surface area contributed by atoms with Crippen molar-refractivity contribution >= 4 is 17.5 Å². The monoisotopic (exact) mass is 413 g/mol. The molecule has 0 spiro atoms. The van der Waals surface area contributed by atoms with Gasteiger partial charge in [-0.1, -0.05) is 44.2 Å². The van der Waals surface area contributed by atoms with Crippen LogP contribution in [0.1, 0.15) is 38.2 Å². The summed E-state index contributed by atoms with van der Waals surface area (Å²) < 4.78 is 9.95. The third-order valence-corrected chi connectivity index (χ3v) is 5.95. The van der Waals surface area contributed by atoms with E-state index in [1.165, 1.54) is 14.2 Å². The molecule has 30 heavy (non-hydrogen) atoms. The Balaban J connectivity index is 2.18.